The number of allylic oxidation sites excluding steroid dienone is 4. The first-order valence-electron chi connectivity index (χ1n) is 2.67. The third-order valence-corrected chi connectivity index (χ3v) is 2.53. The summed E-state index contributed by atoms with van der Waals surface area (Å²) in [7, 11) is 0. The van der Waals surface area contributed by atoms with Gasteiger partial charge in [-0.25, -0.2) is 0 Å². The standard InChI is InChI=1S/C7H4ClS/c8-7-4-5-2-1-3-6(5)9-7/h1-4H. The van der Waals surface area contributed by atoms with Crippen LogP contribution in [0.1, 0.15) is 0 Å². The van der Waals surface area contributed by atoms with Crippen LogP contribution in [0.3, 0.4) is 0 Å². The molecule has 1 radical (unpaired) electrons. The van der Waals surface area contributed by atoms with Gasteiger partial charge in [0.2, 0.25) is 0 Å². The first-order chi connectivity index (χ1) is 4.36. The van der Waals surface area contributed by atoms with Crippen molar-refractivity contribution in [2.24, 2.45) is 0 Å². The molecule has 0 nitrogen and oxygen atoms in total. The lowest BCUT2D eigenvalue weighted by Crippen LogP contribution is -1.63. The fourth-order valence-corrected chi connectivity index (χ4v) is 2.04. The zero-order chi connectivity index (χ0) is 6.27. The van der Waals surface area contributed by atoms with Gasteiger partial charge in [0.05, 0.1) is 0 Å². The lowest BCUT2D eigenvalue weighted by molar-refractivity contribution is 1.74. The van der Waals surface area contributed by atoms with Gasteiger partial charge in [0.25, 0.3) is 0 Å². The molecule has 0 unspecified atom stereocenters. The largest absolute Gasteiger partial charge is 0.145 e. The lowest BCUT2D eigenvalue weighted by Gasteiger charge is -1.90. The molecule has 0 aromatic rings. The fraction of sp³-hybridized carbons (Fsp3) is 0. The second kappa shape index (κ2) is 1.93. The Morgan fingerprint density at radius 3 is 3.11 bits per heavy atom. The maximum absolute atomic E-state index is 5.74. The Kier molecular flexibility index (Phi) is 1.20. The highest BCUT2D eigenvalue weighted by atomic mass is 35.5. The van der Waals surface area contributed by atoms with Crippen molar-refractivity contribution in [3.05, 3.63) is 39.5 Å². The number of thioether (sulfide) groups is 1. The Morgan fingerprint density at radius 1 is 1.44 bits per heavy atom. The van der Waals surface area contributed by atoms with Gasteiger partial charge in [0, 0.05) is 4.91 Å². The molecule has 0 N–H and O–H groups in total. The van der Waals surface area contributed by atoms with Crippen molar-refractivity contribution in [2.45, 2.75) is 0 Å². The van der Waals surface area contributed by atoms with Crippen LogP contribution in [0.25, 0.3) is 0 Å². The van der Waals surface area contributed by atoms with E-state index in [0.717, 1.165) is 4.71 Å². The van der Waals surface area contributed by atoms with E-state index in [1.54, 1.807) is 11.8 Å². The molecule has 0 aromatic heterocycles. The van der Waals surface area contributed by atoms with Crippen LogP contribution in [0.5, 0.6) is 0 Å². The van der Waals surface area contributed by atoms with Crippen LogP contribution in [0.15, 0.2) is 34.8 Å². The topological polar surface area (TPSA) is 0 Å². The van der Waals surface area contributed by atoms with E-state index in [1.165, 1.54) is 10.5 Å². The highest BCUT2D eigenvalue weighted by molar-refractivity contribution is 8.07. The molecule has 0 amide bonds. The maximum Gasteiger partial charge on any atom is 0.145 e. The molecule has 0 aromatic carbocycles. The van der Waals surface area contributed by atoms with Crippen LogP contribution < -0.4 is 0 Å². The van der Waals surface area contributed by atoms with Crippen molar-refractivity contribution in [1.82, 2.24) is 0 Å². The summed E-state index contributed by atoms with van der Waals surface area (Å²) in [6, 6.07) is 0. The van der Waals surface area contributed by atoms with Gasteiger partial charge in [0.1, 0.15) is 4.71 Å². The van der Waals surface area contributed by atoms with Gasteiger partial charge in [-0.3, -0.25) is 0 Å². The first kappa shape index (κ1) is 5.63. The summed E-state index contributed by atoms with van der Waals surface area (Å²) < 4.78 is 0.876. The van der Waals surface area contributed by atoms with Crippen molar-refractivity contribution in [3.63, 3.8) is 0 Å². The molecule has 0 bridgehead atoms. The van der Waals surface area contributed by atoms with Crippen LogP contribution >= 0.6 is 23.4 Å². The van der Waals surface area contributed by atoms with Gasteiger partial charge in [-0.1, -0.05) is 35.5 Å². The summed E-state index contributed by atoms with van der Waals surface area (Å²) in [5.41, 5.74) is 1.25. The number of hydrogen-bond acceptors (Lipinski definition) is 1. The molecule has 0 atom stereocenters. The molecule has 0 saturated carbocycles. The molecular formula is C7H4ClS. The number of halogens is 1. The molecule has 2 heteroatoms. The second-order valence-corrected chi connectivity index (χ2v) is 3.61. The zero-order valence-corrected chi connectivity index (χ0v) is 6.17. The molecule has 1 aliphatic heterocycles. The minimum Gasteiger partial charge on any atom is -0.0990 e. The van der Waals surface area contributed by atoms with E-state index in [0.29, 0.717) is 0 Å². The number of hydrogen-bond donors (Lipinski definition) is 0. The van der Waals surface area contributed by atoms with E-state index in [-0.39, 0.29) is 0 Å². The van der Waals surface area contributed by atoms with Crippen molar-refractivity contribution >= 4 is 23.4 Å². The summed E-state index contributed by atoms with van der Waals surface area (Å²) in [6.45, 7) is 0. The van der Waals surface area contributed by atoms with Crippen LogP contribution in [0, 0.1) is 4.71 Å². The monoisotopic (exact) mass is 155 g/mol. The predicted octanol–water partition coefficient (Wildman–Crippen LogP) is 2.84. The highest BCUT2D eigenvalue weighted by Crippen LogP contribution is 2.46. The Balaban J connectivity index is 2.40. The van der Waals surface area contributed by atoms with Crippen LogP contribution in [0.2, 0.25) is 0 Å². The van der Waals surface area contributed by atoms with Crippen molar-refractivity contribution < 1.29 is 0 Å². The molecule has 1 heterocycles. The molecule has 1 aliphatic carbocycles. The first-order valence-corrected chi connectivity index (χ1v) is 3.86. The van der Waals surface area contributed by atoms with Crippen LogP contribution in [-0.2, 0) is 0 Å². The number of rotatable bonds is 0. The average molecular weight is 156 g/mol. The quantitative estimate of drug-likeness (QED) is 0.519. The van der Waals surface area contributed by atoms with E-state index in [1.807, 2.05) is 12.2 Å². The predicted molar refractivity (Wildman–Crippen MR) is 42.0 cm³/mol. The van der Waals surface area contributed by atoms with E-state index in [2.05, 4.69) is 12.2 Å². The smallest absolute Gasteiger partial charge is 0.0990 e. The molecule has 2 aliphatic rings. The molecule has 0 fully saturated rings. The van der Waals surface area contributed by atoms with E-state index < -0.39 is 0 Å². The van der Waals surface area contributed by atoms with Gasteiger partial charge in [-0.15, -0.1) is 0 Å². The van der Waals surface area contributed by atoms with Gasteiger partial charge in [0.15, 0.2) is 0 Å². The maximum atomic E-state index is 5.74. The molecule has 9 heavy (non-hydrogen) atoms. The third kappa shape index (κ3) is 0.846. The summed E-state index contributed by atoms with van der Waals surface area (Å²) >= 11 is 7.37. The van der Waals surface area contributed by atoms with Gasteiger partial charge >= 0.3 is 0 Å². The summed E-state index contributed by atoms with van der Waals surface area (Å²) in [5.74, 6) is 0. The van der Waals surface area contributed by atoms with Crippen LogP contribution in [0.4, 0.5) is 0 Å². The van der Waals surface area contributed by atoms with E-state index >= 15 is 0 Å². The van der Waals surface area contributed by atoms with E-state index in [4.69, 9.17) is 11.6 Å². The Morgan fingerprint density at radius 2 is 2.33 bits per heavy atom. The van der Waals surface area contributed by atoms with E-state index in [9.17, 15) is 0 Å². The molecule has 45 valence electrons. The van der Waals surface area contributed by atoms with Gasteiger partial charge < -0.3 is 0 Å². The molecule has 2 rings (SSSR count). The highest BCUT2D eigenvalue weighted by Gasteiger charge is 2.19. The molecule has 0 spiro atoms. The Hall–Kier alpha value is -0.140. The Labute approximate surface area is 63.3 Å². The minimum absolute atomic E-state index is 0.876. The minimum atomic E-state index is 0.876. The van der Waals surface area contributed by atoms with Gasteiger partial charge in [-0.2, -0.15) is 0 Å². The third-order valence-electron chi connectivity index (χ3n) is 1.28. The summed E-state index contributed by atoms with van der Waals surface area (Å²) in [4.78, 5) is 1.28. The van der Waals surface area contributed by atoms with Crippen LogP contribution in [-0.4, -0.2) is 0 Å². The Bertz CT molecular complexity index is 225. The SMILES string of the molecule is Cl[C]1C=C2C=CC=C2S1. The lowest BCUT2D eigenvalue weighted by atomic mass is 10.3. The van der Waals surface area contributed by atoms with Gasteiger partial charge in [-0.05, 0) is 17.7 Å². The van der Waals surface area contributed by atoms with Crippen molar-refractivity contribution in [3.8, 4) is 0 Å². The molecular weight excluding hydrogens is 152 g/mol. The average Bonchev–Trinajstić information content (AvgIpc) is 2.22. The fourth-order valence-electron chi connectivity index (χ4n) is 0.886. The van der Waals surface area contributed by atoms with Crippen molar-refractivity contribution in [1.29, 1.82) is 0 Å². The second-order valence-electron chi connectivity index (χ2n) is 1.90. The van der Waals surface area contributed by atoms with Crippen molar-refractivity contribution in [2.75, 3.05) is 0 Å². The summed E-state index contributed by atoms with van der Waals surface area (Å²) in [5, 5.41) is 0. The number of fused-ring (bicyclic) bond motifs is 1. The summed E-state index contributed by atoms with van der Waals surface area (Å²) in [6.07, 6.45) is 8.17. The zero-order valence-electron chi connectivity index (χ0n) is 4.60. The normalized spacial score (nSPS) is 24.1. The molecule has 0 saturated heterocycles.